The van der Waals surface area contributed by atoms with E-state index in [1.807, 2.05) is 13.8 Å². The maximum atomic E-state index is 10.9. The van der Waals surface area contributed by atoms with Crippen LogP contribution in [0.2, 0.25) is 0 Å². The fourth-order valence-electron chi connectivity index (χ4n) is 0.687. The smallest absolute Gasteiger partial charge is 0.330 e. The van der Waals surface area contributed by atoms with Crippen molar-refractivity contribution in [2.24, 2.45) is 5.92 Å². The lowest BCUT2D eigenvalue weighted by Crippen LogP contribution is -2.02. The van der Waals surface area contributed by atoms with E-state index in [0.717, 1.165) is 5.57 Å². The minimum Gasteiger partial charge on any atom is -0.463 e. The molecule has 0 rings (SSSR count). The maximum Gasteiger partial charge on any atom is 0.330 e. The fraction of sp³-hybridized carbons (Fsp3) is 0.500. The van der Waals surface area contributed by atoms with Gasteiger partial charge in [-0.2, -0.15) is 0 Å². The largest absolute Gasteiger partial charge is 0.463 e. The summed E-state index contributed by atoms with van der Waals surface area (Å²) >= 11 is 0. The van der Waals surface area contributed by atoms with Crippen molar-refractivity contribution in [3.8, 4) is 0 Å². The Balaban J connectivity index is 4.14. The van der Waals surface area contributed by atoms with E-state index in [4.69, 9.17) is 4.74 Å². The molecule has 0 aromatic heterocycles. The molecule has 0 aliphatic rings. The molecule has 2 heteroatoms. The first kappa shape index (κ1) is 11.0. The summed E-state index contributed by atoms with van der Waals surface area (Å²) in [5, 5.41) is 0. The Morgan fingerprint density at radius 1 is 1.67 bits per heavy atom. The lowest BCUT2D eigenvalue weighted by molar-refractivity contribution is -0.137. The van der Waals surface area contributed by atoms with Crippen molar-refractivity contribution in [1.82, 2.24) is 0 Å². The highest BCUT2D eigenvalue weighted by molar-refractivity contribution is 5.82. The molecule has 0 saturated carbocycles. The molecule has 0 aliphatic heterocycles. The van der Waals surface area contributed by atoms with Gasteiger partial charge in [0.25, 0.3) is 0 Å². The zero-order valence-electron chi connectivity index (χ0n) is 7.96. The van der Waals surface area contributed by atoms with Crippen LogP contribution in [0.15, 0.2) is 24.3 Å². The molecule has 0 spiro atoms. The van der Waals surface area contributed by atoms with Crippen molar-refractivity contribution in [2.75, 3.05) is 6.61 Å². The van der Waals surface area contributed by atoms with Gasteiger partial charge in [0.15, 0.2) is 0 Å². The number of hydrogen-bond acceptors (Lipinski definition) is 2. The highest BCUT2D eigenvalue weighted by atomic mass is 16.5. The molecule has 0 aromatic carbocycles. The van der Waals surface area contributed by atoms with E-state index in [1.165, 1.54) is 6.08 Å². The van der Waals surface area contributed by atoms with Crippen LogP contribution in [-0.2, 0) is 9.53 Å². The average molecular weight is 168 g/mol. The summed E-state index contributed by atoms with van der Waals surface area (Å²) in [6.07, 6.45) is 3.31. The predicted molar refractivity (Wildman–Crippen MR) is 49.8 cm³/mol. The van der Waals surface area contributed by atoms with Crippen LogP contribution in [0.3, 0.4) is 0 Å². The lowest BCUT2D eigenvalue weighted by atomic mass is 10.0. The molecule has 0 heterocycles. The van der Waals surface area contributed by atoms with Gasteiger partial charge in [0.1, 0.15) is 0 Å². The number of hydrogen-bond donors (Lipinski definition) is 0. The first-order chi connectivity index (χ1) is 5.61. The van der Waals surface area contributed by atoms with Gasteiger partial charge >= 0.3 is 5.97 Å². The van der Waals surface area contributed by atoms with Gasteiger partial charge in [-0.05, 0) is 19.8 Å². The fourth-order valence-corrected chi connectivity index (χ4v) is 0.687. The molecule has 1 atom stereocenters. The van der Waals surface area contributed by atoms with Crippen LogP contribution in [0.5, 0.6) is 0 Å². The third kappa shape index (κ3) is 3.96. The average Bonchev–Trinajstić information content (AvgIpc) is 2.03. The van der Waals surface area contributed by atoms with Crippen molar-refractivity contribution in [1.29, 1.82) is 0 Å². The van der Waals surface area contributed by atoms with Crippen molar-refractivity contribution in [3.63, 3.8) is 0 Å². The molecule has 0 N–H and O–H groups in total. The van der Waals surface area contributed by atoms with Crippen LogP contribution < -0.4 is 0 Å². The van der Waals surface area contributed by atoms with E-state index in [2.05, 4.69) is 6.58 Å². The monoisotopic (exact) mass is 168 g/mol. The van der Waals surface area contributed by atoms with Crippen molar-refractivity contribution in [2.45, 2.75) is 20.8 Å². The van der Waals surface area contributed by atoms with E-state index >= 15 is 0 Å². The second-order valence-electron chi connectivity index (χ2n) is 2.66. The summed E-state index contributed by atoms with van der Waals surface area (Å²) in [5.41, 5.74) is 0.975. The number of ether oxygens (including phenoxy) is 1. The quantitative estimate of drug-likeness (QED) is 0.366. The summed E-state index contributed by atoms with van der Waals surface area (Å²) in [7, 11) is 0. The lowest BCUT2D eigenvalue weighted by Gasteiger charge is -2.05. The number of rotatable bonds is 4. The Bertz CT molecular complexity index is 192. The van der Waals surface area contributed by atoms with Crippen LogP contribution in [0, 0.1) is 5.92 Å². The van der Waals surface area contributed by atoms with Crippen molar-refractivity contribution < 1.29 is 9.53 Å². The molecule has 12 heavy (non-hydrogen) atoms. The first-order valence-electron chi connectivity index (χ1n) is 4.09. The molecular formula is C10H16O2. The number of carbonyl (C=O) groups excluding carboxylic acids is 1. The number of esters is 1. The van der Waals surface area contributed by atoms with Gasteiger partial charge in [-0.3, -0.25) is 0 Å². The van der Waals surface area contributed by atoms with Crippen LogP contribution in [-0.4, -0.2) is 12.6 Å². The minimum absolute atomic E-state index is 0.231. The zero-order valence-corrected chi connectivity index (χ0v) is 7.96. The van der Waals surface area contributed by atoms with Crippen LogP contribution >= 0.6 is 0 Å². The summed E-state index contributed by atoms with van der Waals surface area (Å²) in [4.78, 5) is 10.9. The maximum absolute atomic E-state index is 10.9. The zero-order chi connectivity index (χ0) is 9.56. The Labute approximate surface area is 73.9 Å². The molecule has 0 radical (unpaired) electrons. The van der Waals surface area contributed by atoms with Crippen molar-refractivity contribution in [3.05, 3.63) is 24.3 Å². The minimum atomic E-state index is -0.274. The van der Waals surface area contributed by atoms with Crippen LogP contribution in [0.1, 0.15) is 20.8 Å². The summed E-state index contributed by atoms with van der Waals surface area (Å²) in [6, 6.07) is 0. The highest BCUT2D eigenvalue weighted by Crippen LogP contribution is 2.09. The number of carbonyl (C=O) groups is 1. The van der Waals surface area contributed by atoms with Gasteiger partial charge < -0.3 is 4.74 Å². The molecule has 2 nitrogen and oxygen atoms in total. The molecule has 0 unspecified atom stereocenters. The molecule has 0 saturated heterocycles. The predicted octanol–water partition coefficient (Wildman–Crippen LogP) is 2.32. The van der Waals surface area contributed by atoms with E-state index < -0.39 is 0 Å². The molecule has 0 amide bonds. The van der Waals surface area contributed by atoms with E-state index in [9.17, 15) is 4.79 Å². The molecule has 68 valence electrons. The highest BCUT2D eigenvalue weighted by Gasteiger charge is 2.02. The second kappa shape index (κ2) is 5.58. The second-order valence-corrected chi connectivity index (χ2v) is 2.66. The van der Waals surface area contributed by atoms with Crippen LogP contribution in [0.4, 0.5) is 0 Å². The van der Waals surface area contributed by atoms with E-state index in [1.54, 1.807) is 13.0 Å². The first-order valence-corrected chi connectivity index (χ1v) is 4.09. The van der Waals surface area contributed by atoms with Crippen molar-refractivity contribution >= 4 is 5.97 Å². The normalized spacial score (nSPS) is 13.8. The van der Waals surface area contributed by atoms with Gasteiger partial charge in [-0.1, -0.05) is 18.6 Å². The van der Waals surface area contributed by atoms with Gasteiger partial charge in [0.05, 0.1) is 6.61 Å². The van der Waals surface area contributed by atoms with Gasteiger partial charge in [-0.15, -0.1) is 6.58 Å². The Morgan fingerprint density at radius 2 is 2.25 bits per heavy atom. The number of allylic oxidation sites excluding steroid dienone is 2. The SMILES string of the molecule is C=C[C@@H](C)/C(C)=C\C(=O)OCC. The third-order valence-corrected chi connectivity index (χ3v) is 1.70. The summed E-state index contributed by atoms with van der Waals surface area (Å²) in [6.45, 7) is 9.73. The van der Waals surface area contributed by atoms with E-state index in [0.29, 0.717) is 6.61 Å². The molecule has 0 aliphatic carbocycles. The third-order valence-electron chi connectivity index (χ3n) is 1.70. The summed E-state index contributed by atoms with van der Waals surface area (Å²) < 4.78 is 4.76. The Morgan fingerprint density at radius 3 is 2.67 bits per heavy atom. The standard InChI is InChI=1S/C10H16O2/c1-5-8(3)9(4)7-10(11)12-6-2/h5,7-8H,1,6H2,2-4H3/b9-7-/t8-/m1/s1. The molecule has 0 aromatic rings. The van der Waals surface area contributed by atoms with Gasteiger partial charge in [-0.25, -0.2) is 4.79 Å². The molecular weight excluding hydrogens is 152 g/mol. The van der Waals surface area contributed by atoms with Gasteiger partial charge in [0.2, 0.25) is 0 Å². The summed E-state index contributed by atoms with van der Waals surface area (Å²) in [5.74, 6) is -0.0434. The molecule has 0 bridgehead atoms. The molecule has 0 fully saturated rings. The topological polar surface area (TPSA) is 26.3 Å². The Kier molecular flexibility index (Phi) is 5.09. The Hall–Kier alpha value is -1.05. The van der Waals surface area contributed by atoms with Crippen LogP contribution in [0.25, 0.3) is 0 Å². The van der Waals surface area contributed by atoms with Gasteiger partial charge in [0, 0.05) is 6.08 Å². The van der Waals surface area contributed by atoms with E-state index in [-0.39, 0.29) is 11.9 Å².